The van der Waals surface area contributed by atoms with Crippen LogP contribution in [0, 0.1) is 20.8 Å². The molecule has 0 radical (unpaired) electrons. The van der Waals surface area contributed by atoms with Gasteiger partial charge in [0.1, 0.15) is 0 Å². The van der Waals surface area contributed by atoms with E-state index in [4.69, 9.17) is 9.47 Å². The van der Waals surface area contributed by atoms with Crippen LogP contribution in [0.5, 0.6) is 11.5 Å². The number of unbranched alkanes of at least 4 members (excludes halogenated alkanes) is 1. The molecule has 0 fully saturated rings. The number of rotatable bonds is 9. The van der Waals surface area contributed by atoms with Crippen molar-refractivity contribution in [1.82, 2.24) is 4.90 Å². The molecular formula is C24H32N2O4. The SMILES string of the molecule is CCCCOc1ccc(C(=O)N(C)CC(=O)Nc2c(C)cc(C)cc2C)cc1OC. The largest absolute Gasteiger partial charge is 0.493 e. The second-order valence-electron chi connectivity index (χ2n) is 7.55. The van der Waals surface area contributed by atoms with E-state index in [9.17, 15) is 9.59 Å². The quantitative estimate of drug-likeness (QED) is 0.616. The smallest absolute Gasteiger partial charge is 0.254 e. The Hall–Kier alpha value is -3.02. The summed E-state index contributed by atoms with van der Waals surface area (Å²) in [7, 11) is 3.15. The van der Waals surface area contributed by atoms with E-state index in [-0.39, 0.29) is 18.4 Å². The first-order valence-corrected chi connectivity index (χ1v) is 10.2. The van der Waals surface area contributed by atoms with E-state index < -0.39 is 0 Å². The average molecular weight is 413 g/mol. The lowest BCUT2D eigenvalue weighted by Crippen LogP contribution is -2.35. The van der Waals surface area contributed by atoms with E-state index in [0.29, 0.717) is 23.7 Å². The van der Waals surface area contributed by atoms with Gasteiger partial charge in [-0.05, 0) is 56.5 Å². The zero-order valence-electron chi connectivity index (χ0n) is 18.8. The molecule has 0 aliphatic rings. The fourth-order valence-electron chi connectivity index (χ4n) is 3.31. The summed E-state index contributed by atoms with van der Waals surface area (Å²) in [6.45, 7) is 8.57. The minimum absolute atomic E-state index is 0.0529. The molecule has 6 nitrogen and oxygen atoms in total. The minimum Gasteiger partial charge on any atom is -0.493 e. The molecule has 0 aliphatic heterocycles. The molecule has 30 heavy (non-hydrogen) atoms. The number of hydrogen-bond acceptors (Lipinski definition) is 4. The lowest BCUT2D eigenvalue weighted by Gasteiger charge is -2.19. The maximum absolute atomic E-state index is 12.8. The first-order valence-electron chi connectivity index (χ1n) is 10.2. The van der Waals surface area contributed by atoms with Gasteiger partial charge in [0.05, 0.1) is 20.3 Å². The Morgan fingerprint density at radius 3 is 2.30 bits per heavy atom. The fraction of sp³-hybridized carbons (Fsp3) is 0.417. The Morgan fingerprint density at radius 2 is 1.70 bits per heavy atom. The molecule has 2 amide bonds. The van der Waals surface area contributed by atoms with E-state index in [1.165, 1.54) is 4.90 Å². The van der Waals surface area contributed by atoms with Crippen LogP contribution < -0.4 is 14.8 Å². The molecule has 2 aromatic carbocycles. The molecule has 0 unspecified atom stereocenters. The summed E-state index contributed by atoms with van der Waals surface area (Å²) < 4.78 is 11.1. The van der Waals surface area contributed by atoms with Gasteiger partial charge in [0.2, 0.25) is 5.91 Å². The molecule has 6 heteroatoms. The molecule has 0 spiro atoms. The van der Waals surface area contributed by atoms with Gasteiger partial charge in [0.25, 0.3) is 5.91 Å². The van der Waals surface area contributed by atoms with Crippen LogP contribution in [0.1, 0.15) is 46.8 Å². The number of benzene rings is 2. The highest BCUT2D eigenvalue weighted by Crippen LogP contribution is 2.29. The molecule has 0 saturated carbocycles. The number of nitrogens with one attached hydrogen (secondary N) is 1. The Morgan fingerprint density at radius 1 is 1.03 bits per heavy atom. The predicted octanol–water partition coefficient (Wildman–Crippen LogP) is 4.51. The van der Waals surface area contributed by atoms with Crippen LogP contribution in [0.4, 0.5) is 5.69 Å². The van der Waals surface area contributed by atoms with Crippen LogP contribution in [0.15, 0.2) is 30.3 Å². The number of carbonyl (C=O) groups is 2. The van der Waals surface area contributed by atoms with Crippen LogP contribution in [0.3, 0.4) is 0 Å². The molecule has 2 rings (SSSR count). The second kappa shape index (κ2) is 10.7. The van der Waals surface area contributed by atoms with Gasteiger partial charge in [0.15, 0.2) is 11.5 Å². The van der Waals surface area contributed by atoms with E-state index >= 15 is 0 Å². The maximum Gasteiger partial charge on any atom is 0.254 e. The summed E-state index contributed by atoms with van der Waals surface area (Å²) in [6, 6.07) is 9.11. The maximum atomic E-state index is 12.8. The highest BCUT2D eigenvalue weighted by atomic mass is 16.5. The first-order chi connectivity index (χ1) is 14.3. The number of hydrogen-bond donors (Lipinski definition) is 1. The van der Waals surface area contributed by atoms with Crippen LogP contribution in [0.25, 0.3) is 0 Å². The third-order valence-electron chi connectivity index (χ3n) is 4.83. The Labute approximate surface area is 179 Å². The number of anilines is 1. The Bertz CT molecular complexity index is 885. The normalized spacial score (nSPS) is 10.5. The van der Waals surface area contributed by atoms with Gasteiger partial charge in [-0.25, -0.2) is 0 Å². The topological polar surface area (TPSA) is 67.9 Å². The molecule has 0 aliphatic carbocycles. The van der Waals surface area contributed by atoms with Gasteiger partial charge < -0.3 is 19.7 Å². The number of carbonyl (C=O) groups excluding carboxylic acids is 2. The van der Waals surface area contributed by atoms with Crippen molar-refractivity contribution in [3.05, 3.63) is 52.6 Å². The Balaban J connectivity index is 2.05. The zero-order valence-corrected chi connectivity index (χ0v) is 18.8. The van der Waals surface area contributed by atoms with Crippen molar-refractivity contribution in [3.8, 4) is 11.5 Å². The summed E-state index contributed by atoms with van der Waals surface area (Å²) in [5, 5.41) is 2.93. The van der Waals surface area contributed by atoms with Crippen molar-refractivity contribution in [2.45, 2.75) is 40.5 Å². The van der Waals surface area contributed by atoms with E-state index in [1.54, 1.807) is 32.4 Å². The van der Waals surface area contributed by atoms with Gasteiger partial charge in [-0.15, -0.1) is 0 Å². The number of methoxy groups -OCH3 is 1. The van der Waals surface area contributed by atoms with E-state index in [1.807, 2.05) is 32.9 Å². The zero-order chi connectivity index (χ0) is 22.3. The summed E-state index contributed by atoms with van der Waals surface area (Å²) in [5.41, 5.74) is 4.37. The van der Waals surface area contributed by atoms with Crippen molar-refractivity contribution < 1.29 is 19.1 Å². The van der Waals surface area contributed by atoms with E-state index in [0.717, 1.165) is 35.2 Å². The fourth-order valence-corrected chi connectivity index (χ4v) is 3.31. The number of ether oxygens (including phenoxy) is 2. The predicted molar refractivity (Wildman–Crippen MR) is 120 cm³/mol. The van der Waals surface area contributed by atoms with Crippen molar-refractivity contribution in [1.29, 1.82) is 0 Å². The van der Waals surface area contributed by atoms with Gasteiger partial charge in [-0.3, -0.25) is 9.59 Å². The summed E-state index contributed by atoms with van der Waals surface area (Å²) >= 11 is 0. The third kappa shape index (κ3) is 5.99. The monoisotopic (exact) mass is 412 g/mol. The van der Waals surface area contributed by atoms with Gasteiger partial charge in [-0.2, -0.15) is 0 Å². The van der Waals surface area contributed by atoms with Crippen molar-refractivity contribution in [3.63, 3.8) is 0 Å². The van der Waals surface area contributed by atoms with E-state index in [2.05, 4.69) is 12.2 Å². The van der Waals surface area contributed by atoms with Gasteiger partial charge in [-0.1, -0.05) is 31.0 Å². The molecular weight excluding hydrogens is 380 g/mol. The molecule has 0 aromatic heterocycles. The van der Waals surface area contributed by atoms with Crippen LogP contribution >= 0.6 is 0 Å². The molecule has 1 N–H and O–H groups in total. The minimum atomic E-state index is -0.263. The van der Waals surface area contributed by atoms with Crippen LogP contribution in [-0.2, 0) is 4.79 Å². The first kappa shape index (κ1) is 23.3. The highest BCUT2D eigenvalue weighted by Gasteiger charge is 2.18. The standard InChI is InChI=1S/C24H32N2O4/c1-7-8-11-30-20-10-9-19(14-21(20)29-6)24(28)26(5)15-22(27)25-23-17(3)12-16(2)13-18(23)4/h9-10,12-14H,7-8,11,15H2,1-6H3,(H,25,27). The Kier molecular flexibility index (Phi) is 8.27. The lowest BCUT2D eigenvalue weighted by molar-refractivity contribution is -0.116. The number of likely N-dealkylation sites (N-methyl/N-ethyl adjacent to an activating group) is 1. The van der Waals surface area contributed by atoms with Gasteiger partial charge >= 0.3 is 0 Å². The number of nitrogens with zero attached hydrogens (tertiary/aromatic N) is 1. The molecule has 162 valence electrons. The molecule has 0 atom stereocenters. The second-order valence-corrected chi connectivity index (χ2v) is 7.55. The van der Waals surface area contributed by atoms with Crippen LogP contribution in [0.2, 0.25) is 0 Å². The lowest BCUT2D eigenvalue weighted by atomic mass is 10.1. The number of amides is 2. The highest BCUT2D eigenvalue weighted by molar-refractivity contribution is 6.00. The average Bonchev–Trinajstić information content (AvgIpc) is 2.70. The molecule has 0 saturated heterocycles. The molecule has 0 heterocycles. The summed E-state index contributed by atoms with van der Waals surface area (Å²) in [6.07, 6.45) is 1.98. The molecule has 2 aromatic rings. The van der Waals surface area contributed by atoms with Crippen molar-refractivity contribution in [2.75, 3.05) is 32.6 Å². The molecule has 0 bridgehead atoms. The summed E-state index contributed by atoms with van der Waals surface area (Å²) in [5.74, 6) is 0.599. The summed E-state index contributed by atoms with van der Waals surface area (Å²) in [4.78, 5) is 26.7. The van der Waals surface area contributed by atoms with Gasteiger partial charge in [0, 0.05) is 18.3 Å². The van der Waals surface area contributed by atoms with Crippen molar-refractivity contribution >= 4 is 17.5 Å². The third-order valence-corrected chi connectivity index (χ3v) is 4.83. The van der Waals surface area contributed by atoms with Crippen molar-refractivity contribution in [2.24, 2.45) is 0 Å². The van der Waals surface area contributed by atoms with Crippen LogP contribution in [-0.4, -0.2) is 44.0 Å². The number of aryl methyl sites for hydroxylation is 3.